The Morgan fingerprint density at radius 1 is 1.18 bits per heavy atom. The minimum Gasteiger partial charge on any atom is -0.504 e. The third kappa shape index (κ3) is 2.42. The predicted octanol–water partition coefficient (Wildman–Crippen LogP) is 1.77. The molecule has 0 saturated carbocycles. The Bertz CT molecular complexity index is 506. The van der Waals surface area contributed by atoms with Gasteiger partial charge in [0.25, 0.3) is 0 Å². The first-order valence-electron chi connectivity index (χ1n) is 5.46. The summed E-state index contributed by atoms with van der Waals surface area (Å²) in [5, 5.41) is 9.56. The van der Waals surface area contributed by atoms with Crippen LogP contribution < -0.4 is 10.5 Å². The van der Waals surface area contributed by atoms with Crippen LogP contribution in [0.4, 0.5) is 0 Å². The van der Waals surface area contributed by atoms with Crippen molar-refractivity contribution in [3.8, 4) is 11.5 Å². The molecule has 0 spiro atoms. The highest BCUT2D eigenvalue weighted by Gasteiger charge is 2.05. The highest BCUT2D eigenvalue weighted by Crippen LogP contribution is 2.25. The fraction of sp³-hybridized carbons (Fsp3) is 0.231. The van der Waals surface area contributed by atoms with E-state index in [0.717, 1.165) is 11.4 Å². The molecular weight excluding hydrogens is 216 g/mol. The average molecular weight is 232 g/mol. The lowest BCUT2D eigenvalue weighted by Crippen LogP contribution is -2.07. The smallest absolute Gasteiger partial charge is 0.161 e. The lowest BCUT2D eigenvalue weighted by atomic mass is 10.3. The quantitative estimate of drug-likeness (QED) is 0.844. The molecule has 1 aromatic carbocycles. The van der Waals surface area contributed by atoms with Crippen molar-refractivity contribution in [2.24, 2.45) is 12.8 Å². The Kier molecular flexibility index (Phi) is 3.35. The summed E-state index contributed by atoms with van der Waals surface area (Å²) in [6, 6.07) is 10.9. The van der Waals surface area contributed by atoms with Gasteiger partial charge in [0.1, 0.15) is 6.61 Å². The number of nitrogens with two attached hydrogens (primary N) is 1. The molecule has 0 aliphatic carbocycles. The van der Waals surface area contributed by atoms with Gasteiger partial charge in [-0.25, -0.2) is 0 Å². The molecular formula is C13H16N2O2. The number of phenols is 1. The van der Waals surface area contributed by atoms with Crippen LogP contribution in [-0.2, 0) is 20.2 Å². The normalized spacial score (nSPS) is 10.5. The predicted molar refractivity (Wildman–Crippen MR) is 65.7 cm³/mol. The first kappa shape index (κ1) is 11.5. The zero-order valence-corrected chi connectivity index (χ0v) is 9.76. The van der Waals surface area contributed by atoms with Crippen molar-refractivity contribution >= 4 is 0 Å². The lowest BCUT2D eigenvalue weighted by Gasteiger charge is -2.09. The van der Waals surface area contributed by atoms with E-state index in [-0.39, 0.29) is 5.75 Å². The first-order valence-corrected chi connectivity index (χ1v) is 5.46. The molecule has 0 aliphatic heterocycles. The van der Waals surface area contributed by atoms with E-state index in [4.69, 9.17) is 10.5 Å². The number of aromatic hydroxyl groups is 1. The number of nitrogens with zero attached hydrogens (tertiary/aromatic N) is 1. The average Bonchev–Trinajstić information content (AvgIpc) is 2.69. The number of ether oxygens (including phenoxy) is 1. The molecule has 0 saturated heterocycles. The van der Waals surface area contributed by atoms with Crippen LogP contribution in [0.2, 0.25) is 0 Å². The van der Waals surface area contributed by atoms with Crippen LogP contribution in [0, 0.1) is 0 Å². The van der Waals surface area contributed by atoms with Gasteiger partial charge >= 0.3 is 0 Å². The van der Waals surface area contributed by atoms with Crippen LogP contribution >= 0.6 is 0 Å². The van der Waals surface area contributed by atoms with Crippen molar-refractivity contribution in [3.05, 3.63) is 47.8 Å². The van der Waals surface area contributed by atoms with Crippen LogP contribution in [-0.4, -0.2) is 9.67 Å². The third-order valence-corrected chi connectivity index (χ3v) is 2.78. The number of benzene rings is 1. The molecule has 4 nitrogen and oxygen atoms in total. The van der Waals surface area contributed by atoms with E-state index in [1.165, 1.54) is 0 Å². The number of hydrogen-bond acceptors (Lipinski definition) is 3. The van der Waals surface area contributed by atoms with Gasteiger partial charge in [-0.05, 0) is 24.3 Å². The van der Waals surface area contributed by atoms with Crippen molar-refractivity contribution in [1.29, 1.82) is 0 Å². The Balaban J connectivity index is 2.07. The van der Waals surface area contributed by atoms with Crippen molar-refractivity contribution < 1.29 is 9.84 Å². The maximum atomic E-state index is 9.56. The molecule has 0 atom stereocenters. The summed E-state index contributed by atoms with van der Waals surface area (Å²) in [4.78, 5) is 0. The van der Waals surface area contributed by atoms with E-state index in [1.54, 1.807) is 18.2 Å². The SMILES string of the molecule is Cn1c(CN)ccc1COc1ccccc1O. The van der Waals surface area contributed by atoms with Gasteiger partial charge in [0.05, 0.1) is 5.69 Å². The molecule has 2 rings (SSSR count). The van der Waals surface area contributed by atoms with Gasteiger partial charge in [-0.1, -0.05) is 12.1 Å². The highest BCUT2D eigenvalue weighted by atomic mass is 16.5. The minimum atomic E-state index is 0.153. The van der Waals surface area contributed by atoms with Gasteiger partial charge in [0.15, 0.2) is 11.5 Å². The topological polar surface area (TPSA) is 60.4 Å². The van der Waals surface area contributed by atoms with Crippen LogP contribution in [0.1, 0.15) is 11.4 Å². The first-order chi connectivity index (χ1) is 8.22. The largest absolute Gasteiger partial charge is 0.504 e. The van der Waals surface area contributed by atoms with E-state index < -0.39 is 0 Å². The molecule has 0 amide bonds. The number of phenolic OH excluding ortho intramolecular Hbond substituents is 1. The molecule has 1 heterocycles. The molecule has 1 aromatic heterocycles. The third-order valence-electron chi connectivity index (χ3n) is 2.78. The van der Waals surface area contributed by atoms with Crippen LogP contribution in [0.15, 0.2) is 36.4 Å². The lowest BCUT2D eigenvalue weighted by molar-refractivity contribution is 0.281. The van der Waals surface area contributed by atoms with Gasteiger partial charge in [-0.2, -0.15) is 0 Å². The van der Waals surface area contributed by atoms with E-state index in [1.807, 2.05) is 29.8 Å². The molecule has 17 heavy (non-hydrogen) atoms. The molecule has 0 fully saturated rings. The summed E-state index contributed by atoms with van der Waals surface area (Å²) in [6.45, 7) is 0.918. The van der Waals surface area contributed by atoms with Crippen LogP contribution in [0.5, 0.6) is 11.5 Å². The van der Waals surface area contributed by atoms with Crippen molar-refractivity contribution in [2.75, 3.05) is 0 Å². The van der Waals surface area contributed by atoms with E-state index in [0.29, 0.717) is 18.9 Å². The fourth-order valence-electron chi connectivity index (χ4n) is 1.68. The summed E-state index contributed by atoms with van der Waals surface area (Å²) in [5.74, 6) is 0.642. The van der Waals surface area contributed by atoms with Gasteiger partial charge < -0.3 is 20.1 Å². The number of hydrogen-bond donors (Lipinski definition) is 2. The van der Waals surface area contributed by atoms with Crippen molar-refractivity contribution in [3.63, 3.8) is 0 Å². The van der Waals surface area contributed by atoms with Gasteiger partial charge in [-0.3, -0.25) is 0 Å². The maximum absolute atomic E-state index is 9.56. The molecule has 0 aliphatic rings. The molecule has 90 valence electrons. The van der Waals surface area contributed by atoms with E-state index >= 15 is 0 Å². The zero-order valence-electron chi connectivity index (χ0n) is 9.76. The van der Waals surface area contributed by atoms with Crippen molar-refractivity contribution in [1.82, 2.24) is 4.57 Å². The second-order valence-corrected chi connectivity index (χ2v) is 3.84. The summed E-state index contributed by atoms with van der Waals surface area (Å²) < 4.78 is 7.55. The monoisotopic (exact) mass is 232 g/mol. The molecule has 3 N–H and O–H groups in total. The molecule has 0 radical (unpaired) electrons. The molecule has 4 heteroatoms. The zero-order chi connectivity index (χ0) is 12.3. The van der Waals surface area contributed by atoms with Gasteiger partial charge in [0.2, 0.25) is 0 Å². The van der Waals surface area contributed by atoms with Crippen LogP contribution in [0.25, 0.3) is 0 Å². The van der Waals surface area contributed by atoms with Crippen LogP contribution in [0.3, 0.4) is 0 Å². The highest BCUT2D eigenvalue weighted by molar-refractivity contribution is 5.38. The molecule has 0 bridgehead atoms. The Labute approximate surface area is 100 Å². The second kappa shape index (κ2) is 4.93. The van der Waals surface area contributed by atoms with Gasteiger partial charge in [0, 0.05) is 19.3 Å². The summed E-state index contributed by atoms with van der Waals surface area (Å²) >= 11 is 0. The Morgan fingerprint density at radius 3 is 2.53 bits per heavy atom. The number of rotatable bonds is 4. The van der Waals surface area contributed by atoms with Gasteiger partial charge in [-0.15, -0.1) is 0 Å². The maximum Gasteiger partial charge on any atom is 0.161 e. The summed E-state index contributed by atoms with van der Waals surface area (Å²) in [6.07, 6.45) is 0. The standard InChI is InChI=1S/C13H16N2O2/c1-15-10(8-14)6-7-11(15)9-17-13-5-3-2-4-12(13)16/h2-7,16H,8-9,14H2,1H3. The Hall–Kier alpha value is -1.94. The fourth-order valence-corrected chi connectivity index (χ4v) is 1.68. The van der Waals surface area contributed by atoms with E-state index in [2.05, 4.69) is 0 Å². The van der Waals surface area contributed by atoms with Crippen molar-refractivity contribution in [2.45, 2.75) is 13.2 Å². The number of para-hydroxylation sites is 2. The van der Waals surface area contributed by atoms with E-state index in [9.17, 15) is 5.11 Å². The minimum absolute atomic E-state index is 0.153. The summed E-state index contributed by atoms with van der Waals surface area (Å²) in [7, 11) is 1.95. The molecule has 2 aromatic rings. The second-order valence-electron chi connectivity index (χ2n) is 3.84. The Morgan fingerprint density at radius 2 is 1.88 bits per heavy atom. The number of aromatic nitrogens is 1. The molecule has 0 unspecified atom stereocenters. The summed E-state index contributed by atoms with van der Waals surface area (Å²) in [5.41, 5.74) is 7.67.